The van der Waals surface area contributed by atoms with E-state index in [1.54, 1.807) is 6.07 Å². The summed E-state index contributed by atoms with van der Waals surface area (Å²) in [4.78, 5) is 25.4. The number of benzene rings is 1. The Hall–Kier alpha value is -2.43. The van der Waals surface area contributed by atoms with Crippen LogP contribution in [0.3, 0.4) is 0 Å². The van der Waals surface area contributed by atoms with E-state index in [0.717, 1.165) is 0 Å². The van der Waals surface area contributed by atoms with Gasteiger partial charge < -0.3 is 15.4 Å². The lowest BCUT2D eigenvalue weighted by Crippen LogP contribution is -2.57. The number of hydrogen-bond donors (Lipinski definition) is 1. The predicted molar refractivity (Wildman–Crippen MR) is 95.1 cm³/mol. The Labute approximate surface area is 150 Å². The molecule has 0 radical (unpaired) electrons. The number of carbonyl (C=O) groups is 1. The zero-order valence-corrected chi connectivity index (χ0v) is 15.3. The lowest BCUT2D eigenvalue weighted by atomic mass is 10.2. The maximum absolute atomic E-state index is 12.7. The van der Waals surface area contributed by atoms with E-state index >= 15 is 0 Å². The third-order valence-corrected chi connectivity index (χ3v) is 6.05. The van der Waals surface area contributed by atoms with Crippen LogP contribution < -0.4 is 11.3 Å². The van der Waals surface area contributed by atoms with Crippen LogP contribution >= 0.6 is 0 Å². The SMILES string of the molecule is CN(C)C(=O)OCn1ccc2c(S(=O)(=O)N3CC(N)C3)cccc2c1=O. The topological polar surface area (TPSA) is 115 Å². The first-order chi connectivity index (χ1) is 12.2. The minimum atomic E-state index is -3.72. The van der Waals surface area contributed by atoms with Crippen molar-refractivity contribution < 1.29 is 17.9 Å². The molecule has 9 nitrogen and oxygen atoms in total. The molecule has 0 bridgehead atoms. The van der Waals surface area contributed by atoms with Gasteiger partial charge in [0, 0.05) is 50.2 Å². The van der Waals surface area contributed by atoms with Gasteiger partial charge in [0.1, 0.15) is 0 Å². The molecule has 1 aromatic carbocycles. The number of sulfonamides is 1. The molecule has 3 rings (SSSR count). The first-order valence-electron chi connectivity index (χ1n) is 7.94. The minimum absolute atomic E-state index is 0.0661. The van der Waals surface area contributed by atoms with Crippen molar-refractivity contribution in [2.45, 2.75) is 17.7 Å². The van der Waals surface area contributed by atoms with Gasteiger partial charge in [-0.1, -0.05) is 6.07 Å². The molecule has 0 unspecified atom stereocenters. The number of carbonyl (C=O) groups excluding carboxylic acids is 1. The summed E-state index contributed by atoms with van der Waals surface area (Å²) in [6.45, 7) is 0.260. The Morgan fingerprint density at radius 1 is 1.27 bits per heavy atom. The Morgan fingerprint density at radius 2 is 1.96 bits per heavy atom. The number of nitrogens with two attached hydrogens (primary N) is 1. The summed E-state index contributed by atoms with van der Waals surface area (Å²) in [5, 5.41) is 0.562. The van der Waals surface area contributed by atoms with Crippen LogP contribution in [0.1, 0.15) is 0 Å². The van der Waals surface area contributed by atoms with E-state index in [2.05, 4.69) is 0 Å². The van der Waals surface area contributed by atoms with E-state index in [1.165, 1.54) is 52.3 Å². The second kappa shape index (κ2) is 6.71. The van der Waals surface area contributed by atoms with Gasteiger partial charge in [-0.05, 0) is 18.2 Å². The van der Waals surface area contributed by atoms with E-state index in [-0.39, 0.29) is 36.1 Å². The van der Waals surface area contributed by atoms with Crippen LogP contribution in [-0.4, -0.2) is 61.5 Å². The summed E-state index contributed by atoms with van der Waals surface area (Å²) < 4.78 is 33.0. The molecule has 0 saturated carbocycles. The van der Waals surface area contributed by atoms with Crippen molar-refractivity contribution in [1.29, 1.82) is 0 Å². The highest BCUT2D eigenvalue weighted by atomic mass is 32.2. The number of nitrogens with zero attached hydrogens (tertiary/aromatic N) is 3. The van der Waals surface area contributed by atoms with Crippen LogP contribution in [0.2, 0.25) is 0 Å². The van der Waals surface area contributed by atoms with Gasteiger partial charge in [0.2, 0.25) is 10.0 Å². The molecule has 1 aliphatic rings. The van der Waals surface area contributed by atoms with Gasteiger partial charge in [-0.2, -0.15) is 4.31 Å². The number of fused-ring (bicyclic) bond motifs is 1. The monoisotopic (exact) mass is 380 g/mol. The quantitative estimate of drug-likeness (QED) is 0.798. The fourth-order valence-electron chi connectivity index (χ4n) is 2.67. The van der Waals surface area contributed by atoms with Crippen LogP contribution in [0.4, 0.5) is 4.79 Å². The smallest absolute Gasteiger partial charge is 0.410 e. The molecule has 0 aliphatic carbocycles. The Kier molecular flexibility index (Phi) is 4.74. The number of hydrogen-bond acceptors (Lipinski definition) is 6. The van der Waals surface area contributed by atoms with E-state index in [0.29, 0.717) is 5.39 Å². The molecule has 140 valence electrons. The summed E-state index contributed by atoms with van der Waals surface area (Å²) in [5.74, 6) is 0. The maximum Gasteiger partial charge on any atom is 0.410 e. The number of aromatic nitrogens is 1. The zero-order valence-electron chi connectivity index (χ0n) is 14.5. The van der Waals surface area contributed by atoms with Crippen molar-refractivity contribution >= 4 is 26.9 Å². The summed E-state index contributed by atoms with van der Waals surface area (Å²) in [6.07, 6.45) is 0.830. The van der Waals surface area contributed by atoms with E-state index < -0.39 is 21.7 Å². The molecule has 0 spiro atoms. The molecule has 0 atom stereocenters. The first-order valence-corrected chi connectivity index (χ1v) is 9.38. The minimum Gasteiger partial charge on any atom is -0.428 e. The normalized spacial score (nSPS) is 15.7. The third kappa shape index (κ3) is 3.18. The van der Waals surface area contributed by atoms with Crippen molar-refractivity contribution in [3.63, 3.8) is 0 Å². The largest absolute Gasteiger partial charge is 0.428 e. The van der Waals surface area contributed by atoms with Crippen LogP contribution in [0.5, 0.6) is 0 Å². The van der Waals surface area contributed by atoms with Gasteiger partial charge in [0.15, 0.2) is 6.73 Å². The number of ether oxygens (including phenoxy) is 1. The standard InChI is InChI=1S/C16H20N4O5S/c1-18(2)16(22)25-10-19-7-6-12-13(15(19)21)4-3-5-14(12)26(23,24)20-8-11(17)9-20/h3-7,11H,8-10,17H2,1-2H3. The average molecular weight is 380 g/mol. The fraction of sp³-hybridized carbons (Fsp3) is 0.375. The van der Waals surface area contributed by atoms with Crippen LogP contribution in [0.15, 0.2) is 40.2 Å². The van der Waals surface area contributed by atoms with Crippen LogP contribution in [-0.2, 0) is 21.5 Å². The molecule has 26 heavy (non-hydrogen) atoms. The predicted octanol–water partition coefficient (Wildman–Crippen LogP) is -0.0112. The molecule has 2 aromatic rings. The number of pyridine rings is 1. The summed E-state index contributed by atoms with van der Waals surface area (Å²) in [6, 6.07) is 5.91. The number of rotatable bonds is 4. The Balaban J connectivity index is 1.98. The molecule has 2 N–H and O–H groups in total. The van der Waals surface area contributed by atoms with E-state index in [9.17, 15) is 18.0 Å². The zero-order chi connectivity index (χ0) is 19.1. The fourth-order valence-corrected chi connectivity index (χ4v) is 4.43. The van der Waals surface area contributed by atoms with Gasteiger partial charge in [-0.25, -0.2) is 13.2 Å². The van der Waals surface area contributed by atoms with Crippen molar-refractivity contribution in [2.24, 2.45) is 5.73 Å². The van der Waals surface area contributed by atoms with Crippen molar-refractivity contribution in [2.75, 3.05) is 27.2 Å². The number of amides is 1. The second-order valence-electron chi connectivity index (χ2n) is 6.32. The highest BCUT2D eigenvalue weighted by molar-refractivity contribution is 7.89. The molecule has 1 amide bonds. The van der Waals surface area contributed by atoms with Crippen LogP contribution in [0, 0.1) is 0 Å². The molecule has 10 heteroatoms. The van der Waals surface area contributed by atoms with Gasteiger partial charge in [0.05, 0.1) is 4.90 Å². The molecule has 1 aliphatic heterocycles. The van der Waals surface area contributed by atoms with E-state index in [4.69, 9.17) is 10.5 Å². The lowest BCUT2D eigenvalue weighted by Gasteiger charge is -2.35. The van der Waals surface area contributed by atoms with Gasteiger partial charge in [-0.3, -0.25) is 9.36 Å². The lowest BCUT2D eigenvalue weighted by molar-refractivity contribution is 0.0878. The van der Waals surface area contributed by atoms with Gasteiger partial charge in [0.25, 0.3) is 5.56 Å². The van der Waals surface area contributed by atoms with Crippen molar-refractivity contribution in [3.05, 3.63) is 40.8 Å². The van der Waals surface area contributed by atoms with Crippen molar-refractivity contribution in [3.8, 4) is 0 Å². The highest BCUT2D eigenvalue weighted by Crippen LogP contribution is 2.26. The van der Waals surface area contributed by atoms with Gasteiger partial charge >= 0.3 is 6.09 Å². The summed E-state index contributed by atoms with van der Waals surface area (Å²) >= 11 is 0. The highest BCUT2D eigenvalue weighted by Gasteiger charge is 2.35. The molecular formula is C16H20N4O5S. The third-order valence-electron chi connectivity index (χ3n) is 4.16. The molecule has 1 fully saturated rings. The average Bonchev–Trinajstić information content (AvgIpc) is 2.57. The molecule has 2 heterocycles. The molecule has 1 saturated heterocycles. The summed E-state index contributed by atoms with van der Waals surface area (Å²) in [5.41, 5.74) is 5.24. The second-order valence-corrected chi connectivity index (χ2v) is 8.23. The van der Waals surface area contributed by atoms with Crippen molar-refractivity contribution in [1.82, 2.24) is 13.8 Å². The van der Waals surface area contributed by atoms with Crippen LogP contribution in [0.25, 0.3) is 10.8 Å². The Morgan fingerprint density at radius 3 is 2.58 bits per heavy atom. The maximum atomic E-state index is 12.7. The van der Waals surface area contributed by atoms with Gasteiger partial charge in [-0.15, -0.1) is 0 Å². The molecule has 1 aromatic heterocycles. The summed E-state index contributed by atoms with van der Waals surface area (Å²) in [7, 11) is -0.651. The molecular weight excluding hydrogens is 360 g/mol. The Bertz CT molecular complexity index is 1010. The van der Waals surface area contributed by atoms with E-state index in [1.807, 2.05) is 0 Å². The first kappa shape index (κ1) is 18.4.